The maximum atomic E-state index is 4.14. The summed E-state index contributed by atoms with van der Waals surface area (Å²) in [4.78, 5) is 8.26. The van der Waals surface area contributed by atoms with Gasteiger partial charge < -0.3 is 10.6 Å². The Morgan fingerprint density at radius 2 is 2.12 bits per heavy atom. The number of aryl methyl sites for hydroxylation is 1. The van der Waals surface area contributed by atoms with Gasteiger partial charge in [0.2, 0.25) is 0 Å². The Morgan fingerprint density at radius 1 is 1.47 bits per heavy atom. The van der Waals surface area contributed by atoms with E-state index in [2.05, 4.69) is 46.5 Å². The number of aliphatic imine (C=N–C) groups is 1. The summed E-state index contributed by atoms with van der Waals surface area (Å²) in [6.45, 7) is 6.86. The molecule has 0 bridgehead atoms. The fourth-order valence-electron chi connectivity index (χ4n) is 1.18. The quantitative estimate of drug-likeness (QED) is 0.472. The molecular formula is C10H21IN6. The number of guanidine groups is 1. The van der Waals surface area contributed by atoms with E-state index in [9.17, 15) is 0 Å². The van der Waals surface area contributed by atoms with E-state index in [1.165, 1.54) is 6.33 Å². The molecule has 0 radical (unpaired) electrons. The average Bonchev–Trinajstić information content (AvgIpc) is 2.57. The molecule has 0 saturated carbocycles. The molecule has 0 aromatic carbocycles. The third kappa shape index (κ3) is 5.85. The zero-order valence-electron chi connectivity index (χ0n) is 11.0. The fourth-order valence-corrected chi connectivity index (χ4v) is 1.18. The largest absolute Gasteiger partial charge is 0.352 e. The molecule has 6 nitrogen and oxygen atoms in total. The van der Waals surface area contributed by atoms with E-state index in [-0.39, 0.29) is 29.5 Å². The molecule has 98 valence electrons. The van der Waals surface area contributed by atoms with Crippen LogP contribution in [0.25, 0.3) is 0 Å². The Labute approximate surface area is 119 Å². The summed E-state index contributed by atoms with van der Waals surface area (Å²) in [5, 5.41) is 10.5. The molecule has 1 rings (SSSR count). The van der Waals surface area contributed by atoms with E-state index in [1.54, 1.807) is 11.7 Å². The van der Waals surface area contributed by atoms with Crippen LogP contribution >= 0.6 is 24.0 Å². The molecule has 0 unspecified atom stereocenters. The van der Waals surface area contributed by atoms with E-state index in [0.29, 0.717) is 6.54 Å². The maximum absolute atomic E-state index is 4.14. The van der Waals surface area contributed by atoms with Crippen molar-refractivity contribution in [2.24, 2.45) is 12.0 Å². The Hall–Kier alpha value is -0.860. The molecule has 0 saturated heterocycles. The van der Waals surface area contributed by atoms with Gasteiger partial charge in [0.25, 0.3) is 0 Å². The van der Waals surface area contributed by atoms with Crippen molar-refractivity contribution in [2.45, 2.75) is 32.9 Å². The van der Waals surface area contributed by atoms with Gasteiger partial charge in [0.1, 0.15) is 12.2 Å². The number of rotatable bonds is 2. The molecular weight excluding hydrogens is 331 g/mol. The van der Waals surface area contributed by atoms with E-state index in [4.69, 9.17) is 0 Å². The first kappa shape index (κ1) is 16.1. The van der Waals surface area contributed by atoms with Crippen LogP contribution in [0.3, 0.4) is 0 Å². The molecule has 2 N–H and O–H groups in total. The van der Waals surface area contributed by atoms with Gasteiger partial charge in [-0.1, -0.05) is 0 Å². The van der Waals surface area contributed by atoms with Crippen molar-refractivity contribution in [2.75, 3.05) is 7.05 Å². The summed E-state index contributed by atoms with van der Waals surface area (Å²) in [6.07, 6.45) is 1.54. The van der Waals surface area contributed by atoms with Crippen LogP contribution in [-0.4, -0.2) is 33.3 Å². The number of nitrogens with one attached hydrogen (secondary N) is 2. The van der Waals surface area contributed by atoms with Crippen LogP contribution in [0.1, 0.15) is 26.6 Å². The lowest BCUT2D eigenvalue weighted by Crippen LogP contribution is -2.47. The lowest BCUT2D eigenvalue weighted by atomic mass is 10.1. The van der Waals surface area contributed by atoms with E-state index >= 15 is 0 Å². The van der Waals surface area contributed by atoms with Crippen molar-refractivity contribution in [3.05, 3.63) is 12.2 Å². The molecule has 1 aromatic heterocycles. The first-order valence-corrected chi connectivity index (χ1v) is 5.24. The van der Waals surface area contributed by atoms with Crippen LogP contribution in [-0.2, 0) is 13.6 Å². The smallest absolute Gasteiger partial charge is 0.191 e. The first-order valence-electron chi connectivity index (χ1n) is 5.24. The minimum atomic E-state index is -0.0122. The van der Waals surface area contributed by atoms with E-state index in [0.717, 1.165) is 11.8 Å². The van der Waals surface area contributed by atoms with Crippen molar-refractivity contribution >= 4 is 29.9 Å². The highest BCUT2D eigenvalue weighted by molar-refractivity contribution is 14.0. The van der Waals surface area contributed by atoms with Gasteiger partial charge in [-0.25, -0.2) is 4.98 Å². The summed E-state index contributed by atoms with van der Waals surface area (Å²) >= 11 is 0. The highest BCUT2D eigenvalue weighted by Crippen LogP contribution is 1.98. The topological polar surface area (TPSA) is 67.1 Å². The third-order valence-electron chi connectivity index (χ3n) is 1.94. The molecule has 0 fully saturated rings. The standard InChI is InChI=1S/C10H20N6.HI/c1-10(2,3)15-9(11-4)12-6-8-13-7-14-16(8)5;/h7H,6H2,1-5H3,(H2,11,12,15);1H. The van der Waals surface area contributed by atoms with Crippen molar-refractivity contribution in [1.29, 1.82) is 0 Å². The highest BCUT2D eigenvalue weighted by atomic mass is 127. The van der Waals surface area contributed by atoms with Crippen molar-refractivity contribution < 1.29 is 0 Å². The lowest BCUT2D eigenvalue weighted by Gasteiger charge is -2.23. The van der Waals surface area contributed by atoms with Gasteiger partial charge in [0, 0.05) is 19.6 Å². The number of aromatic nitrogens is 3. The first-order chi connectivity index (χ1) is 7.42. The second-order valence-corrected chi connectivity index (χ2v) is 4.60. The van der Waals surface area contributed by atoms with Gasteiger partial charge in [-0.2, -0.15) is 5.10 Å². The van der Waals surface area contributed by atoms with Gasteiger partial charge in [-0.15, -0.1) is 24.0 Å². The van der Waals surface area contributed by atoms with Gasteiger partial charge >= 0.3 is 0 Å². The van der Waals surface area contributed by atoms with Crippen LogP contribution < -0.4 is 10.6 Å². The van der Waals surface area contributed by atoms with Crippen LogP contribution in [0.5, 0.6) is 0 Å². The summed E-state index contributed by atoms with van der Waals surface area (Å²) in [5.74, 6) is 1.63. The van der Waals surface area contributed by atoms with Crippen molar-refractivity contribution in [3.63, 3.8) is 0 Å². The lowest BCUT2D eigenvalue weighted by molar-refractivity contribution is 0.500. The normalized spacial score (nSPS) is 11.9. The van der Waals surface area contributed by atoms with Crippen molar-refractivity contribution in [1.82, 2.24) is 25.4 Å². The molecule has 0 atom stereocenters. The second-order valence-electron chi connectivity index (χ2n) is 4.60. The Morgan fingerprint density at radius 3 is 2.53 bits per heavy atom. The maximum Gasteiger partial charge on any atom is 0.191 e. The molecule has 1 heterocycles. The Bertz CT molecular complexity index is 365. The molecule has 0 amide bonds. The number of nitrogens with zero attached hydrogens (tertiary/aromatic N) is 4. The molecule has 0 spiro atoms. The van der Waals surface area contributed by atoms with Gasteiger partial charge in [-0.05, 0) is 20.8 Å². The summed E-state index contributed by atoms with van der Waals surface area (Å²) in [6, 6.07) is 0. The van der Waals surface area contributed by atoms with Gasteiger partial charge in [0.05, 0.1) is 6.54 Å². The fraction of sp³-hybridized carbons (Fsp3) is 0.700. The minimum absolute atomic E-state index is 0. The average molecular weight is 352 g/mol. The van der Waals surface area contributed by atoms with Crippen LogP contribution in [0.4, 0.5) is 0 Å². The molecule has 17 heavy (non-hydrogen) atoms. The van der Waals surface area contributed by atoms with Crippen molar-refractivity contribution in [3.8, 4) is 0 Å². The van der Waals surface area contributed by atoms with Gasteiger partial charge in [-0.3, -0.25) is 9.67 Å². The Balaban J connectivity index is 0.00000256. The summed E-state index contributed by atoms with van der Waals surface area (Å²) < 4.78 is 1.73. The Kier molecular flexibility index (Phi) is 6.43. The van der Waals surface area contributed by atoms with Crippen LogP contribution in [0.2, 0.25) is 0 Å². The molecule has 1 aromatic rings. The molecule has 7 heteroatoms. The number of hydrogen-bond donors (Lipinski definition) is 2. The molecule has 0 aliphatic heterocycles. The summed E-state index contributed by atoms with van der Waals surface area (Å²) in [5.41, 5.74) is -0.0122. The van der Waals surface area contributed by atoms with E-state index < -0.39 is 0 Å². The monoisotopic (exact) mass is 352 g/mol. The molecule has 0 aliphatic rings. The SMILES string of the molecule is CN=C(NCc1ncnn1C)NC(C)(C)C.I. The summed E-state index contributed by atoms with van der Waals surface area (Å²) in [7, 11) is 3.61. The predicted molar refractivity (Wildman–Crippen MR) is 79.5 cm³/mol. The van der Waals surface area contributed by atoms with Crippen LogP contribution in [0.15, 0.2) is 11.3 Å². The minimum Gasteiger partial charge on any atom is -0.352 e. The zero-order chi connectivity index (χ0) is 12.2. The highest BCUT2D eigenvalue weighted by Gasteiger charge is 2.12. The number of hydrogen-bond acceptors (Lipinski definition) is 3. The van der Waals surface area contributed by atoms with E-state index in [1.807, 2.05) is 7.05 Å². The number of halogens is 1. The molecule has 0 aliphatic carbocycles. The second kappa shape index (κ2) is 6.77. The van der Waals surface area contributed by atoms with Crippen LogP contribution in [0, 0.1) is 0 Å². The predicted octanol–water partition coefficient (Wildman–Crippen LogP) is 0.897. The van der Waals surface area contributed by atoms with Gasteiger partial charge in [0.15, 0.2) is 5.96 Å². The third-order valence-corrected chi connectivity index (χ3v) is 1.94. The zero-order valence-corrected chi connectivity index (χ0v) is 13.3.